The molecule has 0 aliphatic rings. The van der Waals surface area contributed by atoms with Gasteiger partial charge in [0.05, 0.1) is 13.0 Å². The lowest BCUT2D eigenvalue weighted by atomic mass is 9.88. The Balaban J connectivity index is 2.08. The number of carboxylic acids is 1. The Labute approximate surface area is 137 Å². The molecule has 2 aromatic carbocycles. The summed E-state index contributed by atoms with van der Waals surface area (Å²) in [7, 11) is 0. The van der Waals surface area contributed by atoms with E-state index < -0.39 is 5.97 Å². The zero-order chi connectivity index (χ0) is 16.5. The minimum Gasteiger partial charge on any atom is -0.494 e. The van der Waals surface area contributed by atoms with Gasteiger partial charge in [-0.2, -0.15) is 0 Å². The summed E-state index contributed by atoms with van der Waals surface area (Å²) in [5, 5.41) is 9.20. The van der Waals surface area contributed by atoms with E-state index in [1.165, 1.54) is 12.8 Å². The van der Waals surface area contributed by atoms with Crippen molar-refractivity contribution in [2.45, 2.75) is 38.5 Å². The van der Waals surface area contributed by atoms with Crippen LogP contribution in [0, 0.1) is 0 Å². The normalized spacial score (nSPS) is 11.9. The Bertz CT molecular complexity index is 590. The lowest BCUT2D eigenvalue weighted by Gasteiger charge is -2.16. The number of unbranched alkanes of at least 4 members (excludes halogenated alkanes) is 2. The minimum absolute atomic E-state index is 0.0840. The fourth-order valence-electron chi connectivity index (χ4n) is 2.63. The van der Waals surface area contributed by atoms with Gasteiger partial charge in [0.1, 0.15) is 5.75 Å². The van der Waals surface area contributed by atoms with E-state index in [4.69, 9.17) is 4.74 Å². The van der Waals surface area contributed by atoms with E-state index in [0.29, 0.717) is 0 Å². The summed E-state index contributed by atoms with van der Waals surface area (Å²) in [6.45, 7) is 2.89. The highest BCUT2D eigenvalue weighted by Crippen LogP contribution is 2.29. The summed E-state index contributed by atoms with van der Waals surface area (Å²) >= 11 is 0. The fourth-order valence-corrected chi connectivity index (χ4v) is 2.63. The van der Waals surface area contributed by atoms with Gasteiger partial charge in [-0.1, -0.05) is 62.2 Å². The first-order valence-electron chi connectivity index (χ1n) is 8.20. The summed E-state index contributed by atoms with van der Waals surface area (Å²) in [6, 6.07) is 17.6. The first-order valence-corrected chi connectivity index (χ1v) is 8.20. The average Bonchev–Trinajstić information content (AvgIpc) is 2.58. The predicted octanol–water partition coefficient (Wildman–Crippen LogP) is 4.86. The second kappa shape index (κ2) is 8.99. The Hall–Kier alpha value is -2.29. The second-order valence-electron chi connectivity index (χ2n) is 5.69. The van der Waals surface area contributed by atoms with Crippen molar-refractivity contribution < 1.29 is 14.6 Å². The smallest absolute Gasteiger partial charge is 0.304 e. The highest BCUT2D eigenvalue weighted by molar-refractivity contribution is 5.69. The largest absolute Gasteiger partial charge is 0.494 e. The minimum atomic E-state index is -0.793. The van der Waals surface area contributed by atoms with Gasteiger partial charge in [-0.05, 0) is 29.7 Å². The molecule has 0 amide bonds. The van der Waals surface area contributed by atoms with Crippen LogP contribution in [0.1, 0.15) is 49.7 Å². The van der Waals surface area contributed by atoms with Crippen molar-refractivity contribution in [3.63, 3.8) is 0 Å². The van der Waals surface area contributed by atoms with E-state index in [1.54, 1.807) is 0 Å². The van der Waals surface area contributed by atoms with Crippen LogP contribution in [0.15, 0.2) is 54.6 Å². The Morgan fingerprint density at radius 3 is 2.26 bits per heavy atom. The molecule has 0 saturated heterocycles. The van der Waals surface area contributed by atoms with Crippen LogP contribution in [-0.2, 0) is 4.79 Å². The maximum atomic E-state index is 11.2. The third kappa shape index (κ3) is 5.44. The van der Waals surface area contributed by atoms with E-state index in [-0.39, 0.29) is 12.3 Å². The van der Waals surface area contributed by atoms with Crippen molar-refractivity contribution in [1.29, 1.82) is 0 Å². The molecule has 3 heteroatoms. The van der Waals surface area contributed by atoms with Crippen molar-refractivity contribution in [2.24, 2.45) is 0 Å². The number of aliphatic carboxylic acids is 1. The number of hydrogen-bond donors (Lipinski definition) is 1. The molecule has 2 rings (SSSR count). The lowest BCUT2D eigenvalue weighted by Crippen LogP contribution is -2.08. The van der Waals surface area contributed by atoms with Crippen LogP contribution in [0.25, 0.3) is 0 Å². The number of ether oxygens (including phenoxy) is 1. The monoisotopic (exact) mass is 312 g/mol. The molecule has 2 aromatic rings. The zero-order valence-corrected chi connectivity index (χ0v) is 13.6. The van der Waals surface area contributed by atoms with Crippen molar-refractivity contribution in [2.75, 3.05) is 6.61 Å². The van der Waals surface area contributed by atoms with Gasteiger partial charge in [0.2, 0.25) is 0 Å². The lowest BCUT2D eigenvalue weighted by molar-refractivity contribution is -0.137. The molecular weight excluding hydrogens is 288 g/mol. The molecular formula is C20H24O3. The SMILES string of the molecule is CCCCCOc1ccc([C@@H](CC(=O)O)c2ccccc2)cc1. The van der Waals surface area contributed by atoms with Crippen LogP contribution in [0.2, 0.25) is 0 Å². The highest BCUT2D eigenvalue weighted by Gasteiger charge is 2.17. The summed E-state index contributed by atoms with van der Waals surface area (Å²) in [5.74, 6) is -0.0893. The van der Waals surface area contributed by atoms with Crippen LogP contribution in [0.4, 0.5) is 0 Å². The van der Waals surface area contributed by atoms with Crippen LogP contribution < -0.4 is 4.74 Å². The molecule has 0 aromatic heterocycles. The van der Waals surface area contributed by atoms with Crippen LogP contribution in [-0.4, -0.2) is 17.7 Å². The number of rotatable bonds is 9. The first-order chi connectivity index (χ1) is 11.2. The summed E-state index contributed by atoms with van der Waals surface area (Å²) < 4.78 is 5.71. The molecule has 23 heavy (non-hydrogen) atoms. The van der Waals surface area contributed by atoms with Crippen LogP contribution in [0.3, 0.4) is 0 Å². The molecule has 122 valence electrons. The van der Waals surface area contributed by atoms with Crippen molar-refractivity contribution in [3.8, 4) is 5.75 Å². The van der Waals surface area contributed by atoms with Crippen molar-refractivity contribution >= 4 is 5.97 Å². The molecule has 0 saturated carbocycles. The Morgan fingerprint density at radius 2 is 1.65 bits per heavy atom. The molecule has 0 radical (unpaired) electrons. The predicted molar refractivity (Wildman–Crippen MR) is 92.0 cm³/mol. The highest BCUT2D eigenvalue weighted by atomic mass is 16.5. The molecule has 1 atom stereocenters. The maximum absolute atomic E-state index is 11.2. The molecule has 0 bridgehead atoms. The van der Waals surface area contributed by atoms with Gasteiger partial charge in [0, 0.05) is 5.92 Å². The molecule has 0 aliphatic heterocycles. The maximum Gasteiger partial charge on any atom is 0.304 e. The van der Waals surface area contributed by atoms with E-state index in [2.05, 4.69) is 6.92 Å². The van der Waals surface area contributed by atoms with Crippen LogP contribution in [0.5, 0.6) is 5.75 Å². The molecule has 0 aliphatic carbocycles. The van der Waals surface area contributed by atoms with Crippen LogP contribution >= 0.6 is 0 Å². The molecule has 0 unspecified atom stereocenters. The zero-order valence-electron chi connectivity index (χ0n) is 13.6. The van der Waals surface area contributed by atoms with E-state index in [0.717, 1.165) is 29.9 Å². The summed E-state index contributed by atoms with van der Waals surface area (Å²) in [4.78, 5) is 11.2. The Morgan fingerprint density at radius 1 is 1.00 bits per heavy atom. The topological polar surface area (TPSA) is 46.5 Å². The average molecular weight is 312 g/mol. The first kappa shape index (κ1) is 17.1. The molecule has 0 fully saturated rings. The summed E-state index contributed by atoms with van der Waals surface area (Å²) in [5.41, 5.74) is 2.02. The number of hydrogen-bond acceptors (Lipinski definition) is 2. The second-order valence-corrected chi connectivity index (χ2v) is 5.69. The van der Waals surface area contributed by atoms with Gasteiger partial charge in [-0.15, -0.1) is 0 Å². The van der Waals surface area contributed by atoms with Gasteiger partial charge in [0.15, 0.2) is 0 Å². The van der Waals surface area contributed by atoms with Crippen molar-refractivity contribution in [1.82, 2.24) is 0 Å². The quantitative estimate of drug-likeness (QED) is 0.672. The van der Waals surface area contributed by atoms with E-state index in [9.17, 15) is 9.90 Å². The third-order valence-corrected chi connectivity index (χ3v) is 3.88. The molecule has 3 nitrogen and oxygen atoms in total. The van der Waals surface area contributed by atoms with E-state index >= 15 is 0 Å². The Kier molecular flexibility index (Phi) is 6.67. The van der Waals surface area contributed by atoms with Gasteiger partial charge < -0.3 is 9.84 Å². The van der Waals surface area contributed by atoms with E-state index in [1.807, 2.05) is 54.6 Å². The number of carboxylic acid groups (broad SMARTS) is 1. The summed E-state index contributed by atoms with van der Waals surface area (Å²) in [6.07, 6.45) is 3.49. The fraction of sp³-hybridized carbons (Fsp3) is 0.350. The number of carbonyl (C=O) groups is 1. The van der Waals surface area contributed by atoms with Gasteiger partial charge in [-0.25, -0.2) is 0 Å². The molecule has 1 N–H and O–H groups in total. The molecule has 0 heterocycles. The number of benzene rings is 2. The standard InChI is InChI=1S/C20H24O3/c1-2-3-7-14-23-18-12-10-17(11-13-18)19(15-20(21)22)16-8-5-4-6-9-16/h4-6,8-13,19H,2-3,7,14-15H2,1H3,(H,21,22)/t19-/m0/s1. The van der Waals surface area contributed by atoms with Gasteiger partial charge >= 0.3 is 5.97 Å². The van der Waals surface area contributed by atoms with Crippen molar-refractivity contribution in [3.05, 3.63) is 65.7 Å². The van der Waals surface area contributed by atoms with Gasteiger partial charge in [-0.3, -0.25) is 4.79 Å². The molecule has 0 spiro atoms. The van der Waals surface area contributed by atoms with Gasteiger partial charge in [0.25, 0.3) is 0 Å². The third-order valence-electron chi connectivity index (χ3n) is 3.88.